The van der Waals surface area contributed by atoms with Crippen LogP contribution in [-0.4, -0.2) is 125 Å². The molecule has 0 radical (unpaired) electrons. The maximum absolute atomic E-state index is 12.7. The Morgan fingerprint density at radius 2 is 1.75 bits per heavy atom. The lowest BCUT2D eigenvalue weighted by molar-refractivity contribution is -0.262. The number of hydrogen-bond acceptors (Lipinski definition) is 16. The van der Waals surface area contributed by atoms with Gasteiger partial charge in [-0.1, -0.05) is 0 Å². The van der Waals surface area contributed by atoms with Gasteiger partial charge >= 0.3 is 27.3 Å². The molecule has 2 aliphatic rings. The molecule has 9 N–H and O–H groups in total. The van der Waals surface area contributed by atoms with Crippen LogP contribution < -0.4 is 16.6 Å². The van der Waals surface area contributed by atoms with Gasteiger partial charge in [0.15, 0.2) is 18.6 Å². The van der Waals surface area contributed by atoms with Crippen LogP contribution in [0.25, 0.3) is 0 Å². The monoisotopic (exact) mass is 679 g/mol. The average Bonchev–Trinajstić information content (AvgIpc) is 3.18. The third-order valence-electron chi connectivity index (χ3n) is 6.24. The first-order valence-electron chi connectivity index (χ1n) is 12.5. The summed E-state index contributed by atoms with van der Waals surface area (Å²) in [6, 6.07) is -0.828. The molecular formula is C20H31N3O19P2. The predicted octanol–water partition coefficient (Wildman–Crippen LogP) is -4.15. The van der Waals surface area contributed by atoms with Gasteiger partial charge in [-0.05, 0) is 6.92 Å². The summed E-state index contributed by atoms with van der Waals surface area (Å²) < 4.78 is 55.3. The molecular weight excluding hydrogens is 648 g/mol. The number of carboxylic acids is 1. The largest absolute Gasteiger partial charge is 0.483 e. The molecule has 2 aliphatic heterocycles. The van der Waals surface area contributed by atoms with E-state index in [1.807, 2.05) is 4.98 Å². The normalized spacial score (nSPS) is 34.0. The molecule has 24 heteroatoms. The van der Waals surface area contributed by atoms with Crippen LogP contribution in [0.15, 0.2) is 21.9 Å². The summed E-state index contributed by atoms with van der Waals surface area (Å²) in [6.45, 7) is -0.00580. The van der Waals surface area contributed by atoms with E-state index in [4.69, 9.17) is 18.7 Å². The molecule has 3 rings (SSSR count). The molecule has 3 heterocycles. The second-order valence-electron chi connectivity index (χ2n) is 9.51. The van der Waals surface area contributed by atoms with Gasteiger partial charge in [-0.3, -0.25) is 28.2 Å². The molecule has 0 aliphatic carbocycles. The molecule has 2 fully saturated rings. The summed E-state index contributed by atoms with van der Waals surface area (Å²) in [5.41, 5.74) is -1.79. The number of nitrogens with zero attached hydrogens (tertiary/aromatic N) is 1. The molecule has 0 aromatic carbocycles. The topological polar surface area (TPSA) is 332 Å². The van der Waals surface area contributed by atoms with Crippen LogP contribution in [0.1, 0.15) is 20.1 Å². The van der Waals surface area contributed by atoms with Crippen molar-refractivity contribution < 1.29 is 81.6 Å². The number of aliphatic hydroxyl groups excluding tert-OH is 4. The van der Waals surface area contributed by atoms with Gasteiger partial charge in [0.05, 0.1) is 13.2 Å². The zero-order chi connectivity index (χ0) is 33.1. The van der Waals surface area contributed by atoms with Gasteiger partial charge in [0.25, 0.3) is 5.56 Å². The van der Waals surface area contributed by atoms with Gasteiger partial charge in [-0.25, -0.2) is 18.7 Å². The third kappa shape index (κ3) is 8.86. The summed E-state index contributed by atoms with van der Waals surface area (Å²) in [5, 5.41) is 51.9. The average molecular weight is 679 g/mol. The Morgan fingerprint density at radius 1 is 1.09 bits per heavy atom. The molecule has 1 aromatic heterocycles. The molecule has 0 bridgehead atoms. The lowest BCUT2D eigenvalue weighted by atomic mass is 9.96. The lowest BCUT2D eigenvalue weighted by Gasteiger charge is -2.44. The quantitative estimate of drug-likeness (QED) is 0.0893. The van der Waals surface area contributed by atoms with Crippen LogP contribution in [0.3, 0.4) is 0 Å². The zero-order valence-electron chi connectivity index (χ0n) is 22.7. The molecule has 0 saturated carbocycles. The minimum atomic E-state index is -5.74. The molecule has 2 saturated heterocycles. The minimum absolute atomic E-state index is 0.709. The molecule has 0 spiro atoms. The number of hydrogen-bond donors (Lipinski definition) is 9. The molecule has 44 heavy (non-hydrogen) atoms. The smallest absolute Gasteiger partial charge is 0.479 e. The standard InChI is InChI=1S/C20H31N3O19P2/c1-7(18(30)31)38-16-12(21-8(2)25)19(40-9(5-24)14(16)28)41-44(35,36)42-43(33,34)37-6-10-13(27)15(29)17(39-10)23-4-3-11(26)22-20(23)32/h3-4,7,9-10,12-17,19,24,27-29H,5-6H2,1-2H3,(H,21,25)(H,30,31)(H,33,34)(H,35,36)(H,22,26,32)/t7-,9-,10-,12-,13-,14-,15-,16-,17-,19+/m1/s1. The van der Waals surface area contributed by atoms with Crippen LogP contribution >= 0.6 is 15.6 Å². The van der Waals surface area contributed by atoms with E-state index in [9.17, 15) is 63.6 Å². The fourth-order valence-corrected chi connectivity index (χ4v) is 6.36. The number of phosphoric acid groups is 2. The first-order chi connectivity index (χ1) is 20.4. The van der Waals surface area contributed by atoms with Crippen molar-refractivity contribution in [2.75, 3.05) is 13.2 Å². The maximum atomic E-state index is 12.7. The van der Waals surface area contributed by atoms with E-state index >= 15 is 0 Å². The highest BCUT2D eigenvalue weighted by Gasteiger charge is 2.52. The Morgan fingerprint density at radius 3 is 2.32 bits per heavy atom. The number of carbonyl (C=O) groups is 2. The van der Waals surface area contributed by atoms with E-state index in [2.05, 4.69) is 14.2 Å². The molecule has 1 aromatic rings. The number of ether oxygens (including phenoxy) is 3. The number of amides is 1. The van der Waals surface area contributed by atoms with Crippen LogP contribution in [0.4, 0.5) is 0 Å². The summed E-state index contributed by atoms with van der Waals surface area (Å²) in [7, 11) is -11.3. The van der Waals surface area contributed by atoms with Gasteiger partial charge in [-0.15, -0.1) is 0 Å². The Labute approximate surface area is 245 Å². The first kappa shape index (κ1) is 36.1. The fourth-order valence-electron chi connectivity index (χ4n) is 4.20. The number of H-pyrrole nitrogens is 1. The number of carboxylic acid groups (broad SMARTS) is 1. The van der Waals surface area contributed by atoms with E-state index in [1.165, 1.54) is 0 Å². The molecule has 250 valence electrons. The number of aliphatic hydroxyl groups is 4. The Hall–Kier alpha value is -2.40. The SMILES string of the molecule is CC(=O)N[C@H]1[C@H](OP(=O)(O)OP(=O)(O)OC[C@H]2O[C@@H](n3ccc(=O)[nH]c3=O)[C@H](O)[C@@H]2O)O[C@H](CO)[C@@H](O)[C@@H]1O[C@H](C)C(=O)O. The zero-order valence-corrected chi connectivity index (χ0v) is 24.5. The van der Waals surface area contributed by atoms with Gasteiger partial charge < -0.3 is 54.8 Å². The Bertz CT molecular complexity index is 1400. The van der Waals surface area contributed by atoms with Crippen molar-refractivity contribution in [3.63, 3.8) is 0 Å². The summed E-state index contributed by atoms with van der Waals surface area (Å²) >= 11 is 0. The van der Waals surface area contributed by atoms with Gasteiger partial charge in [0.1, 0.15) is 42.7 Å². The van der Waals surface area contributed by atoms with E-state index in [-0.39, 0.29) is 0 Å². The van der Waals surface area contributed by atoms with E-state index in [0.29, 0.717) is 4.57 Å². The number of carbonyl (C=O) groups excluding carboxylic acids is 1. The second kappa shape index (κ2) is 14.4. The maximum Gasteiger partial charge on any atom is 0.483 e. The van der Waals surface area contributed by atoms with Gasteiger partial charge in [0.2, 0.25) is 5.91 Å². The first-order valence-corrected chi connectivity index (χ1v) is 15.5. The molecule has 1 amide bonds. The molecule has 12 atom stereocenters. The molecule has 22 nitrogen and oxygen atoms in total. The number of aliphatic carboxylic acids is 1. The van der Waals surface area contributed by atoms with E-state index in [0.717, 1.165) is 26.1 Å². The van der Waals surface area contributed by atoms with Crippen molar-refractivity contribution in [1.82, 2.24) is 14.9 Å². The highest BCUT2D eigenvalue weighted by atomic mass is 31.3. The third-order valence-corrected chi connectivity index (χ3v) is 8.84. The lowest BCUT2D eigenvalue weighted by Crippen LogP contribution is -2.65. The summed E-state index contributed by atoms with van der Waals surface area (Å²) in [4.78, 5) is 68.5. The second-order valence-corrected chi connectivity index (χ2v) is 12.5. The van der Waals surface area contributed by atoms with Crippen molar-refractivity contribution in [3.8, 4) is 0 Å². The van der Waals surface area contributed by atoms with Gasteiger partial charge in [0, 0.05) is 19.2 Å². The van der Waals surface area contributed by atoms with Crippen molar-refractivity contribution in [3.05, 3.63) is 33.1 Å². The number of rotatable bonds is 13. The number of aromatic amines is 1. The van der Waals surface area contributed by atoms with Crippen LogP contribution in [0, 0.1) is 0 Å². The van der Waals surface area contributed by atoms with Gasteiger partial charge in [-0.2, -0.15) is 4.31 Å². The number of nitrogens with one attached hydrogen (secondary N) is 2. The van der Waals surface area contributed by atoms with Crippen LogP contribution in [0.2, 0.25) is 0 Å². The Balaban J connectivity index is 1.72. The molecule has 2 unspecified atom stereocenters. The van der Waals surface area contributed by atoms with Crippen molar-refractivity contribution in [1.29, 1.82) is 0 Å². The van der Waals surface area contributed by atoms with Crippen LogP contribution in [-0.2, 0) is 46.3 Å². The highest BCUT2D eigenvalue weighted by Crippen LogP contribution is 2.61. The fraction of sp³-hybridized carbons (Fsp3) is 0.700. The Kier molecular flexibility index (Phi) is 11.8. The van der Waals surface area contributed by atoms with Crippen molar-refractivity contribution >= 4 is 27.5 Å². The van der Waals surface area contributed by atoms with Crippen molar-refractivity contribution in [2.45, 2.75) is 75.1 Å². The number of phosphoric ester groups is 2. The predicted molar refractivity (Wildman–Crippen MR) is 136 cm³/mol. The van der Waals surface area contributed by atoms with Crippen LogP contribution in [0.5, 0.6) is 0 Å². The van der Waals surface area contributed by atoms with E-state index in [1.54, 1.807) is 0 Å². The highest BCUT2D eigenvalue weighted by molar-refractivity contribution is 7.61. The van der Waals surface area contributed by atoms with E-state index < -0.39 is 113 Å². The minimum Gasteiger partial charge on any atom is -0.479 e. The number of aromatic nitrogens is 2. The van der Waals surface area contributed by atoms with Crippen molar-refractivity contribution in [2.24, 2.45) is 0 Å². The summed E-state index contributed by atoms with van der Waals surface area (Å²) in [6.07, 6.45) is -14.8. The summed E-state index contributed by atoms with van der Waals surface area (Å²) in [5.74, 6) is -2.35.